The average molecular weight is 407 g/mol. The number of allylic oxidation sites excluding steroid dienone is 1. The Labute approximate surface area is 167 Å². The van der Waals surface area contributed by atoms with Gasteiger partial charge in [0, 0.05) is 0 Å². The molecule has 2 aromatic rings. The van der Waals surface area contributed by atoms with Crippen LogP contribution >= 0.6 is 0 Å². The zero-order valence-corrected chi connectivity index (χ0v) is 16.0. The molecule has 10 nitrogen and oxygen atoms in total. The first-order valence-electron chi connectivity index (χ1n) is 9.10. The second-order valence-corrected chi connectivity index (χ2v) is 6.70. The van der Waals surface area contributed by atoms with Crippen LogP contribution in [0.2, 0.25) is 0 Å². The first-order valence-corrected chi connectivity index (χ1v) is 9.10. The van der Waals surface area contributed by atoms with E-state index in [0.29, 0.717) is 23.6 Å². The summed E-state index contributed by atoms with van der Waals surface area (Å²) in [5, 5.41) is 47.5. The second kappa shape index (κ2) is 9.33. The summed E-state index contributed by atoms with van der Waals surface area (Å²) in [6.07, 6.45) is -2.63. The van der Waals surface area contributed by atoms with Gasteiger partial charge in [0.25, 0.3) is 0 Å². The summed E-state index contributed by atoms with van der Waals surface area (Å²) in [5.41, 5.74) is 1.32. The Hall–Kier alpha value is -2.50. The van der Waals surface area contributed by atoms with Crippen LogP contribution in [0.3, 0.4) is 0 Å². The Morgan fingerprint density at radius 1 is 1.21 bits per heavy atom. The third-order valence-corrected chi connectivity index (χ3v) is 4.63. The minimum Gasteiger partial charge on any atom is -0.493 e. The van der Waals surface area contributed by atoms with E-state index < -0.39 is 30.7 Å². The van der Waals surface area contributed by atoms with E-state index in [0.717, 1.165) is 5.56 Å². The normalized spacial score (nSPS) is 26.9. The van der Waals surface area contributed by atoms with Gasteiger partial charge < -0.3 is 34.6 Å². The molecular formula is C19H25N3O7. The molecule has 0 bridgehead atoms. The van der Waals surface area contributed by atoms with Gasteiger partial charge in [0.1, 0.15) is 30.1 Å². The van der Waals surface area contributed by atoms with Crippen molar-refractivity contribution in [3.05, 3.63) is 48.3 Å². The lowest BCUT2D eigenvalue weighted by Gasteiger charge is -2.40. The van der Waals surface area contributed by atoms with E-state index in [1.807, 2.05) is 6.07 Å². The number of aliphatic hydroxyl groups is 4. The summed E-state index contributed by atoms with van der Waals surface area (Å²) in [4.78, 5) is 0. The Morgan fingerprint density at radius 3 is 2.66 bits per heavy atom. The lowest BCUT2D eigenvalue weighted by molar-refractivity contribution is -0.275. The van der Waals surface area contributed by atoms with Crippen LogP contribution < -0.4 is 9.47 Å². The van der Waals surface area contributed by atoms with Crippen molar-refractivity contribution in [2.45, 2.75) is 50.3 Å². The molecule has 10 heteroatoms. The third kappa shape index (κ3) is 4.74. The predicted octanol–water partition coefficient (Wildman–Crippen LogP) is -0.606. The zero-order chi connectivity index (χ0) is 21.0. The van der Waals surface area contributed by atoms with Crippen LogP contribution in [0.5, 0.6) is 11.5 Å². The van der Waals surface area contributed by atoms with Crippen molar-refractivity contribution in [1.29, 1.82) is 0 Å². The van der Waals surface area contributed by atoms with Gasteiger partial charge in [-0.1, -0.05) is 17.4 Å². The van der Waals surface area contributed by atoms with E-state index in [2.05, 4.69) is 16.9 Å². The van der Waals surface area contributed by atoms with Crippen molar-refractivity contribution < 1.29 is 34.6 Å². The Bertz CT molecular complexity index is 828. The fraction of sp³-hybridized carbons (Fsp3) is 0.474. The summed E-state index contributed by atoms with van der Waals surface area (Å²) in [6, 6.07) is 5.27. The molecule has 1 saturated heterocycles. The van der Waals surface area contributed by atoms with Crippen LogP contribution in [0.25, 0.3) is 0 Å². The van der Waals surface area contributed by atoms with Crippen LogP contribution in [0.15, 0.2) is 37.1 Å². The maximum absolute atomic E-state index is 10.3. The van der Waals surface area contributed by atoms with E-state index in [4.69, 9.17) is 19.3 Å². The highest BCUT2D eigenvalue weighted by Gasteiger charge is 2.45. The highest BCUT2D eigenvalue weighted by Crippen LogP contribution is 2.32. The quantitative estimate of drug-likeness (QED) is 0.422. The van der Waals surface area contributed by atoms with E-state index in [1.54, 1.807) is 18.2 Å². The fourth-order valence-electron chi connectivity index (χ4n) is 3.08. The number of aromatic nitrogens is 3. The Kier molecular flexibility index (Phi) is 6.83. The molecule has 1 fully saturated rings. The van der Waals surface area contributed by atoms with E-state index >= 15 is 0 Å². The number of aliphatic hydroxyl groups excluding tert-OH is 4. The van der Waals surface area contributed by atoms with E-state index in [1.165, 1.54) is 18.0 Å². The van der Waals surface area contributed by atoms with Gasteiger partial charge in [-0.15, -0.1) is 11.7 Å². The summed E-state index contributed by atoms with van der Waals surface area (Å²) >= 11 is 0. The number of methoxy groups -OCH3 is 1. The maximum atomic E-state index is 10.3. The monoisotopic (exact) mass is 407 g/mol. The SMILES string of the molecule is C=CCc1ccc(O[C@@H]2O[C@H](Cn3cc(CO)nn3)[C@@H](O)[C@H](O)[C@H]2O)c(OC)c1. The summed E-state index contributed by atoms with van der Waals surface area (Å²) in [7, 11) is 1.49. The second-order valence-electron chi connectivity index (χ2n) is 6.70. The van der Waals surface area contributed by atoms with Crippen molar-refractivity contribution in [2.24, 2.45) is 0 Å². The highest BCUT2D eigenvalue weighted by molar-refractivity contribution is 5.43. The summed E-state index contributed by atoms with van der Waals surface area (Å²) in [6.45, 7) is 3.46. The van der Waals surface area contributed by atoms with Crippen LogP contribution in [-0.4, -0.2) is 73.2 Å². The van der Waals surface area contributed by atoms with E-state index in [9.17, 15) is 15.3 Å². The van der Waals surface area contributed by atoms with Gasteiger partial charge >= 0.3 is 0 Å². The molecule has 5 atom stereocenters. The zero-order valence-electron chi connectivity index (χ0n) is 16.0. The summed E-state index contributed by atoms with van der Waals surface area (Å²) in [5.74, 6) is 0.746. The molecule has 0 saturated carbocycles. The standard InChI is InChI=1S/C19H25N3O7/c1-3-4-11-5-6-13(14(7-11)27-2)28-19-18(26)17(25)16(24)15(29-19)9-22-8-12(10-23)20-21-22/h3,5-8,15-19,23-26H,1,4,9-10H2,2H3/t15-,16-,17+,18-,19-/m1/s1. The molecule has 0 aliphatic carbocycles. The van der Waals surface area contributed by atoms with Gasteiger partial charge in [-0.3, -0.25) is 0 Å². The van der Waals surface area contributed by atoms with Crippen molar-refractivity contribution in [3.63, 3.8) is 0 Å². The molecule has 0 spiro atoms. The lowest BCUT2D eigenvalue weighted by atomic mass is 9.99. The smallest absolute Gasteiger partial charge is 0.229 e. The molecule has 158 valence electrons. The third-order valence-electron chi connectivity index (χ3n) is 4.63. The molecule has 0 amide bonds. The molecule has 1 aromatic carbocycles. The topological polar surface area (TPSA) is 139 Å². The maximum Gasteiger partial charge on any atom is 0.229 e. The largest absolute Gasteiger partial charge is 0.493 e. The molecule has 29 heavy (non-hydrogen) atoms. The number of hydrogen-bond acceptors (Lipinski definition) is 9. The van der Waals surface area contributed by atoms with Crippen LogP contribution in [0.1, 0.15) is 11.3 Å². The molecule has 0 radical (unpaired) electrons. The van der Waals surface area contributed by atoms with Crippen molar-refractivity contribution in [1.82, 2.24) is 15.0 Å². The number of rotatable bonds is 8. The molecule has 3 rings (SSSR count). The number of benzene rings is 1. The van der Waals surface area contributed by atoms with Gasteiger partial charge in [-0.25, -0.2) is 4.68 Å². The van der Waals surface area contributed by atoms with Gasteiger partial charge in [-0.2, -0.15) is 0 Å². The first-order chi connectivity index (χ1) is 14.0. The van der Waals surface area contributed by atoms with Crippen LogP contribution in [0.4, 0.5) is 0 Å². The molecule has 1 aliphatic rings. The first kappa shape index (κ1) is 21.2. The van der Waals surface area contributed by atoms with Crippen molar-refractivity contribution in [2.75, 3.05) is 7.11 Å². The molecule has 0 unspecified atom stereocenters. The van der Waals surface area contributed by atoms with Gasteiger partial charge in [-0.05, 0) is 24.1 Å². The number of nitrogens with zero attached hydrogens (tertiary/aromatic N) is 3. The number of hydrogen-bond donors (Lipinski definition) is 4. The molecule has 4 N–H and O–H groups in total. The minimum absolute atomic E-state index is 0.0349. The van der Waals surface area contributed by atoms with Crippen LogP contribution in [0, 0.1) is 0 Å². The summed E-state index contributed by atoms with van der Waals surface area (Å²) < 4.78 is 18.2. The molecule has 1 aromatic heterocycles. The van der Waals surface area contributed by atoms with Gasteiger partial charge in [0.15, 0.2) is 11.5 Å². The van der Waals surface area contributed by atoms with Crippen molar-refractivity contribution in [3.8, 4) is 11.5 Å². The molecule has 2 heterocycles. The Morgan fingerprint density at radius 2 is 2.00 bits per heavy atom. The molecular weight excluding hydrogens is 382 g/mol. The average Bonchev–Trinajstić information content (AvgIpc) is 3.18. The molecule has 1 aliphatic heterocycles. The number of ether oxygens (including phenoxy) is 3. The predicted molar refractivity (Wildman–Crippen MR) is 100 cm³/mol. The van der Waals surface area contributed by atoms with Gasteiger partial charge in [0.2, 0.25) is 6.29 Å². The van der Waals surface area contributed by atoms with Crippen LogP contribution in [-0.2, 0) is 24.3 Å². The van der Waals surface area contributed by atoms with Crippen molar-refractivity contribution >= 4 is 0 Å². The minimum atomic E-state index is -1.49. The fourth-order valence-corrected chi connectivity index (χ4v) is 3.08. The van der Waals surface area contributed by atoms with E-state index in [-0.39, 0.29) is 13.2 Å². The highest BCUT2D eigenvalue weighted by atomic mass is 16.7. The van der Waals surface area contributed by atoms with Gasteiger partial charge in [0.05, 0.1) is 26.5 Å². The Balaban J connectivity index is 1.76. The lowest BCUT2D eigenvalue weighted by Crippen LogP contribution is -2.60.